The van der Waals surface area contributed by atoms with Crippen LogP contribution in [0, 0.1) is 0 Å². The molecule has 1 aliphatic heterocycles. The molecule has 1 fully saturated rings. The lowest BCUT2D eigenvalue weighted by molar-refractivity contribution is -0.117. The van der Waals surface area contributed by atoms with Crippen molar-refractivity contribution in [2.24, 2.45) is 0 Å². The third kappa shape index (κ3) is 3.50. The van der Waals surface area contributed by atoms with Crippen LogP contribution in [0.25, 0.3) is 10.8 Å². The number of hydrogen-bond acceptors (Lipinski definition) is 3. The Bertz CT molecular complexity index is 1140. The fourth-order valence-electron chi connectivity index (χ4n) is 3.24. The van der Waals surface area contributed by atoms with Crippen molar-refractivity contribution in [3.8, 4) is 0 Å². The van der Waals surface area contributed by atoms with Crippen molar-refractivity contribution in [1.82, 2.24) is 0 Å². The summed E-state index contributed by atoms with van der Waals surface area (Å²) in [5.41, 5.74) is 0.955. The molecule has 1 heterocycles. The molecular weight excluding hydrogens is 384 g/mol. The van der Waals surface area contributed by atoms with E-state index in [2.05, 4.69) is 4.72 Å². The van der Waals surface area contributed by atoms with Gasteiger partial charge in [0.25, 0.3) is 10.0 Å². The van der Waals surface area contributed by atoms with Crippen LogP contribution in [0.4, 0.5) is 11.4 Å². The number of carbonyl (C=O) groups excluding carboxylic acids is 1. The van der Waals surface area contributed by atoms with Gasteiger partial charge in [-0.25, -0.2) is 8.42 Å². The highest BCUT2D eigenvalue weighted by molar-refractivity contribution is 7.92. The van der Waals surface area contributed by atoms with E-state index in [0.717, 1.165) is 17.2 Å². The topological polar surface area (TPSA) is 66.5 Å². The average Bonchev–Trinajstić information content (AvgIpc) is 3.07. The smallest absolute Gasteiger partial charge is 0.261 e. The van der Waals surface area contributed by atoms with Crippen LogP contribution >= 0.6 is 11.6 Å². The van der Waals surface area contributed by atoms with Gasteiger partial charge in [0.2, 0.25) is 5.91 Å². The van der Waals surface area contributed by atoms with E-state index in [4.69, 9.17) is 11.6 Å². The van der Waals surface area contributed by atoms with Gasteiger partial charge in [-0.05, 0) is 47.5 Å². The average molecular weight is 401 g/mol. The Morgan fingerprint density at radius 2 is 1.74 bits per heavy atom. The Balaban J connectivity index is 1.62. The molecule has 0 saturated carbocycles. The summed E-state index contributed by atoms with van der Waals surface area (Å²) in [7, 11) is -3.75. The summed E-state index contributed by atoms with van der Waals surface area (Å²) in [6.07, 6.45) is 1.30. The lowest BCUT2D eigenvalue weighted by atomic mass is 10.1. The Labute approximate surface area is 162 Å². The highest BCUT2D eigenvalue weighted by Crippen LogP contribution is 2.32. The summed E-state index contributed by atoms with van der Waals surface area (Å²) in [6.45, 7) is 0.626. The number of anilines is 2. The van der Waals surface area contributed by atoms with Gasteiger partial charge in [-0.2, -0.15) is 0 Å². The van der Waals surface area contributed by atoms with Gasteiger partial charge >= 0.3 is 0 Å². The maximum absolute atomic E-state index is 12.7. The zero-order valence-electron chi connectivity index (χ0n) is 14.4. The molecule has 4 rings (SSSR count). The number of fused-ring (bicyclic) bond motifs is 1. The van der Waals surface area contributed by atoms with Crippen LogP contribution in [0.1, 0.15) is 12.8 Å². The predicted octanol–water partition coefficient (Wildman–Crippen LogP) is 4.42. The van der Waals surface area contributed by atoms with E-state index in [1.54, 1.807) is 35.2 Å². The van der Waals surface area contributed by atoms with Crippen molar-refractivity contribution >= 4 is 49.7 Å². The Morgan fingerprint density at radius 3 is 2.44 bits per heavy atom. The molecule has 0 bridgehead atoms. The largest absolute Gasteiger partial charge is 0.311 e. The SMILES string of the molecule is O=C1CCCN1c1ccc(NS(=O)(=O)c2ccc3ccccc3c2)cc1Cl. The van der Waals surface area contributed by atoms with E-state index in [-0.39, 0.29) is 10.8 Å². The monoisotopic (exact) mass is 400 g/mol. The zero-order valence-corrected chi connectivity index (χ0v) is 15.9. The van der Waals surface area contributed by atoms with Crippen LogP contribution in [-0.4, -0.2) is 20.9 Å². The minimum atomic E-state index is -3.75. The maximum Gasteiger partial charge on any atom is 0.261 e. The van der Waals surface area contributed by atoms with Gasteiger partial charge in [0, 0.05) is 13.0 Å². The van der Waals surface area contributed by atoms with Gasteiger partial charge in [0.15, 0.2) is 0 Å². The summed E-state index contributed by atoms with van der Waals surface area (Å²) in [5, 5.41) is 2.16. The van der Waals surface area contributed by atoms with E-state index in [1.807, 2.05) is 24.3 Å². The second-order valence-electron chi connectivity index (χ2n) is 6.43. The van der Waals surface area contributed by atoms with Gasteiger partial charge in [0.05, 0.1) is 21.3 Å². The maximum atomic E-state index is 12.7. The molecular formula is C20H17ClN2O3S. The first-order valence-electron chi connectivity index (χ1n) is 8.56. The minimum absolute atomic E-state index is 0.0291. The molecule has 27 heavy (non-hydrogen) atoms. The molecule has 0 unspecified atom stereocenters. The normalized spacial score (nSPS) is 14.7. The number of benzene rings is 3. The molecule has 138 valence electrons. The second kappa shape index (κ2) is 6.87. The Kier molecular flexibility index (Phi) is 4.53. The lowest BCUT2D eigenvalue weighted by Gasteiger charge is -2.18. The van der Waals surface area contributed by atoms with Crippen LogP contribution in [0.5, 0.6) is 0 Å². The van der Waals surface area contributed by atoms with Gasteiger partial charge < -0.3 is 4.90 Å². The summed E-state index contributed by atoms with van der Waals surface area (Å²) in [6, 6.07) is 17.4. The number of rotatable bonds is 4. The standard InChI is InChI=1S/C20H17ClN2O3S/c21-18-13-16(8-10-19(18)23-11-3-6-20(23)24)22-27(25,26)17-9-7-14-4-1-2-5-15(14)12-17/h1-2,4-5,7-10,12-13,22H,3,6,11H2. The Hall–Kier alpha value is -2.57. The fourth-order valence-corrected chi connectivity index (χ4v) is 4.61. The summed E-state index contributed by atoms with van der Waals surface area (Å²) in [5.74, 6) is 0.0291. The highest BCUT2D eigenvalue weighted by atomic mass is 35.5. The first-order chi connectivity index (χ1) is 12.9. The van der Waals surface area contributed by atoms with Crippen molar-refractivity contribution < 1.29 is 13.2 Å². The molecule has 0 radical (unpaired) electrons. The number of nitrogens with one attached hydrogen (secondary N) is 1. The van der Waals surface area contributed by atoms with E-state index in [0.29, 0.717) is 29.4 Å². The minimum Gasteiger partial charge on any atom is -0.311 e. The van der Waals surface area contributed by atoms with Crippen LogP contribution in [0.15, 0.2) is 65.6 Å². The van der Waals surface area contributed by atoms with Crippen molar-refractivity contribution in [3.63, 3.8) is 0 Å². The van der Waals surface area contributed by atoms with Crippen LogP contribution < -0.4 is 9.62 Å². The summed E-state index contributed by atoms with van der Waals surface area (Å²) < 4.78 is 28.0. The fraction of sp³-hybridized carbons (Fsp3) is 0.150. The molecule has 7 heteroatoms. The Morgan fingerprint density at radius 1 is 0.963 bits per heavy atom. The van der Waals surface area contributed by atoms with Gasteiger partial charge in [-0.15, -0.1) is 0 Å². The molecule has 0 aromatic heterocycles. The van der Waals surface area contributed by atoms with Gasteiger partial charge in [-0.1, -0.05) is 41.9 Å². The molecule has 1 saturated heterocycles. The molecule has 1 amide bonds. The van der Waals surface area contributed by atoms with Crippen molar-refractivity contribution in [2.75, 3.05) is 16.2 Å². The predicted molar refractivity (Wildman–Crippen MR) is 108 cm³/mol. The quantitative estimate of drug-likeness (QED) is 0.704. The van der Waals surface area contributed by atoms with Gasteiger partial charge in [0.1, 0.15) is 0 Å². The number of nitrogens with zero attached hydrogens (tertiary/aromatic N) is 1. The summed E-state index contributed by atoms with van der Waals surface area (Å²) in [4.78, 5) is 13.7. The summed E-state index contributed by atoms with van der Waals surface area (Å²) >= 11 is 6.30. The number of halogens is 1. The molecule has 1 N–H and O–H groups in total. The van der Waals surface area contributed by atoms with E-state index < -0.39 is 10.0 Å². The molecule has 0 aliphatic carbocycles. The van der Waals surface area contributed by atoms with Crippen LogP contribution in [-0.2, 0) is 14.8 Å². The zero-order chi connectivity index (χ0) is 19.0. The molecule has 0 atom stereocenters. The molecule has 3 aromatic rings. The molecule has 1 aliphatic rings. The van der Waals surface area contributed by atoms with Crippen LogP contribution in [0.3, 0.4) is 0 Å². The number of sulfonamides is 1. The van der Waals surface area contributed by atoms with Gasteiger partial charge in [-0.3, -0.25) is 9.52 Å². The van der Waals surface area contributed by atoms with Crippen molar-refractivity contribution in [2.45, 2.75) is 17.7 Å². The van der Waals surface area contributed by atoms with E-state index in [9.17, 15) is 13.2 Å². The van der Waals surface area contributed by atoms with Crippen molar-refractivity contribution in [3.05, 3.63) is 65.7 Å². The molecule has 5 nitrogen and oxygen atoms in total. The molecule has 0 spiro atoms. The van der Waals surface area contributed by atoms with E-state index in [1.165, 1.54) is 6.07 Å². The number of hydrogen-bond donors (Lipinski definition) is 1. The lowest BCUT2D eigenvalue weighted by Crippen LogP contribution is -2.24. The van der Waals surface area contributed by atoms with Crippen LogP contribution in [0.2, 0.25) is 5.02 Å². The number of carbonyl (C=O) groups is 1. The second-order valence-corrected chi connectivity index (χ2v) is 8.52. The van der Waals surface area contributed by atoms with E-state index >= 15 is 0 Å². The first kappa shape index (κ1) is 17.8. The highest BCUT2D eigenvalue weighted by Gasteiger charge is 2.24. The third-order valence-corrected chi connectivity index (χ3v) is 6.28. The molecule has 3 aromatic carbocycles. The number of amides is 1. The van der Waals surface area contributed by atoms with Crippen molar-refractivity contribution in [1.29, 1.82) is 0 Å². The third-order valence-electron chi connectivity index (χ3n) is 4.60. The first-order valence-corrected chi connectivity index (χ1v) is 10.4.